The standard InChI is InChI=1S/C11H24N2O/c1-2-5-12-6-7-13-8-9-14-10-11-3-4-11/h11-13H,2-10H2,1H3. The highest BCUT2D eigenvalue weighted by Crippen LogP contribution is 2.28. The van der Waals surface area contributed by atoms with Crippen LogP contribution in [0.4, 0.5) is 0 Å². The summed E-state index contributed by atoms with van der Waals surface area (Å²) in [5.41, 5.74) is 0. The van der Waals surface area contributed by atoms with Crippen LogP contribution >= 0.6 is 0 Å². The molecule has 0 spiro atoms. The van der Waals surface area contributed by atoms with Crippen LogP contribution in [0.25, 0.3) is 0 Å². The molecule has 1 aliphatic rings. The first-order valence-corrected chi connectivity index (χ1v) is 5.92. The molecule has 3 nitrogen and oxygen atoms in total. The van der Waals surface area contributed by atoms with Crippen LogP contribution in [-0.2, 0) is 4.74 Å². The monoisotopic (exact) mass is 200 g/mol. The first-order valence-electron chi connectivity index (χ1n) is 5.92. The maximum atomic E-state index is 5.50. The minimum atomic E-state index is 0.865. The van der Waals surface area contributed by atoms with E-state index in [2.05, 4.69) is 17.6 Å². The van der Waals surface area contributed by atoms with Crippen LogP contribution in [0, 0.1) is 5.92 Å². The summed E-state index contributed by atoms with van der Waals surface area (Å²) in [5.74, 6) is 0.890. The first-order chi connectivity index (χ1) is 6.93. The van der Waals surface area contributed by atoms with E-state index in [1.807, 2.05) is 0 Å². The zero-order valence-corrected chi connectivity index (χ0v) is 9.35. The first kappa shape index (κ1) is 12.0. The van der Waals surface area contributed by atoms with E-state index in [4.69, 9.17) is 4.74 Å². The quantitative estimate of drug-likeness (QED) is 0.516. The highest BCUT2D eigenvalue weighted by Gasteiger charge is 2.20. The predicted molar refractivity (Wildman–Crippen MR) is 59.6 cm³/mol. The molecule has 1 rings (SSSR count). The van der Waals surface area contributed by atoms with Gasteiger partial charge >= 0.3 is 0 Å². The molecule has 0 atom stereocenters. The van der Waals surface area contributed by atoms with Crippen molar-refractivity contribution < 1.29 is 4.74 Å². The summed E-state index contributed by atoms with van der Waals surface area (Å²) in [4.78, 5) is 0. The maximum Gasteiger partial charge on any atom is 0.0591 e. The Morgan fingerprint density at radius 1 is 1.07 bits per heavy atom. The Kier molecular flexibility index (Phi) is 7.01. The maximum absolute atomic E-state index is 5.50. The summed E-state index contributed by atoms with van der Waals surface area (Å²) < 4.78 is 5.50. The van der Waals surface area contributed by atoms with Crippen LogP contribution in [0.15, 0.2) is 0 Å². The number of ether oxygens (including phenoxy) is 1. The second-order valence-corrected chi connectivity index (χ2v) is 4.02. The van der Waals surface area contributed by atoms with Crippen LogP contribution < -0.4 is 10.6 Å². The third-order valence-electron chi connectivity index (χ3n) is 2.38. The van der Waals surface area contributed by atoms with Crippen molar-refractivity contribution in [2.45, 2.75) is 26.2 Å². The SMILES string of the molecule is CCCNCCNCCOCC1CC1. The average molecular weight is 200 g/mol. The van der Waals surface area contributed by atoms with E-state index < -0.39 is 0 Å². The van der Waals surface area contributed by atoms with Gasteiger partial charge in [-0.2, -0.15) is 0 Å². The molecule has 0 amide bonds. The molecule has 0 aromatic rings. The molecular weight excluding hydrogens is 176 g/mol. The van der Waals surface area contributed by atoms with Gasteiger partial charge < -0.3 is 15.4 Å². The summed E-state index contributed by atoms with van der Waals surface area (Å²) in [6.07, 6.45) is 3.98. The molecule has 3 heteroatoms. The van der Waals surface area contributed by atoms with Crippen LogP contribution in [-0.4, -0.2) is 39.4 Å². The Balaban J connectivity index is 1.63. The van der Waals surface area contributed by atoms with Gasteiger partial charge in [0.1, 0.15) is 0 Å². The van der Waals surface area contributed by atoms with E-state index in [-0.39, 0.29) is 0 Å². The lowest BCUT2D eigenvalue weighted by Crippen LogP contribution is -2.30. The van der Waals surface area contributed by atoms with Crippen molar-refractivity contribution in [1.29, 1.82) is 0 Å². The van der Waals surface area contributed by atoms with Gasteiger partial charge in [-0.05, 0) is 31.7 Å². The van der Waals surface area contributed by atoms with Gasteiger partial charge in [-0.25, -0.2) is 0 Å². The fourth-order valence-electron chi connectivity index (χ4n) is 1.28. The summed E-state index contributed by atoms with van der Waals surface area (Å²) in [6, 6.07) is 0. The lowest BCUT2D eigenvalue weighted by molar-refractivity contribution is 0.126. The zero-order chi connectivity index (χ0) is 10.1. The minimum Gasteiger partial charge on any atom is -0.380 e. The molecule has 0 bridgehead atoms. The van der Waals surface area contributed by atoms with Crippen molar-refractivity contribution in [3.63, 3.8) is 0 Å². The topological polar surface area (TPSA) is 33.3 Å². The van der Waals surface area contributed by atoms with E-state index in [9.17, 15) is 0 Å². The van der Waals surface area contributed by atoms with Gasteiger partial charge in [0.25, 0.3) is 0 Å². The van der Waals surface area contributed by atoms with Crippen molar-refractivity contribution in [1.82, 2.24) is 10.6 Å². The minimum absolute atomic E-state index is 0.865. The van der Waals surface area contributed by atoms with E-state index in [0.29, 0.717) is 0 Å². The molecule has 2 N–H and O–H groups in total. The van der Waals surface area contributed by atoms with E-state index >= 15 is 0 Å². The number of nitrogens with one attached hydrogen (secondary N) is 2. The van der Waals surface area contributed by atoms with Crippen molar-refractivity contribution in [3.05, 3.63) is 0 Å². The van der Waals surface area contributed by atoms with Gasteiger partial charge in [-0.1, -0.05) is 6.92 Å². The highest BCUT2D eigenvalue weighted by atomic mass is 16.5. The third-order valence-corrected chi connectivity index (χ3v) is 2.38. The molecule has 0 aromatic heterocycles. The predicted octanol–water partition coefficient (Wildman–Crippen LogP) is 1.00. The second-order valence-electron chi connectivity index (χ2n) is 4.02. The molecule has 0 unspecified atom stereocenters. The molecule has 84 valence electrons. The number of hydrogen-bond donors (Lipinski definition) is 2. The molecule has 1 aliphatic carbocycles. The smallest absolute Gasteiger partial charge is 0.0591 e. The Morgan fingerprint density at radius 3 is 2.43 bits per heavy atom. The van der Waals surface area contributed by atoms with Crippen LogP contribution in [0.2, 0.25) is 0 Å². The summed E-state index contributed by atoms with van der Waals surface area (Å²) in [7, 11) is 0. The zero-order valence-electron chi connectivity index (χ0n) is 9.35. The van der Waals surface area contributed by atoms with E-state index in [0.717, 1.165) is 45.3 Å². The Labute approximate surface area is 87.6 Å². The fraction of sp³-hybridized carbons (Fsp3) is 1.00. The van der Waals surface area contributed by atoms with Crippen molar-refractivity contribution in [3.8, 4) is 0 Å². The Morgan fingerprint density at radius 2 is 1.79 bits per heavy atom. The van der Waals surface area contributed by atoms with Crippen LogP contribution in [0.1, 0.15) is 26.2 Å². The van der Waals surface area contributed by atoms with Gasteiger partial charge in [-0.3, -0.25) is 0 Å². The van der Waals surface area contributed by atoms with Crippen molar-refractivity contribution in [2.24, 2.45) is 5.92 Å². The lowest BCUT2D eigenvalue weighted by atomic mass is 10.4. The molecule has 0 heterocycles. The summed E-state index contributed by atoms with van der Waals surface area (Å²) in [5, 5.41) is 6.70. The summed E-state index contributed by atoms with van der Waals surface area (Å²) in [6.45, 7) is 8.26. The van der Waals surface area contributed by atoms with E-state index in [1.54, 1.807) is 0 Å². The van der Waals surface area contributed by atoms with Gasteiger partial charge in [0.05, 0.1) is 6.61 Å². The third kappa shape index (κ3) is 7.30. The normalized spacial score (nSPS) is 16.1. The molecule has 14 heavy (non-hydrogen) atoms. The van der Waals surface area contributed by atoms with Crippen molar-refractivity contribution in [2.75, 3.05) is 39.4 Å². The lowest BCUT2D eigenvalue weighted by Gasteiger charge is -2.06. The van der Waals surface area contributed by atoms with E-state index in [1.165, 1.54) is 19.3 Å². The molecule has 0 radical (unpaired) electrons. The molecule has 0 aliphatic heterocycles. The Bertz CT molecular complexity index is 126. The molecule has 0 saturated heterocycles. The summed E-state index contributed by atoms with van der Waals surface area (Å²) >= 11 is 0. The molecule has 0 aromatic carbocycles. The van der Waals surface area contributed by atoms with Gasteiger partial charge in [0, 0.05) is 26.2 Å². The fourth-order valence-corrected chi connectivity index (χ4v) is 1.28. The van der Waals surface area contributed by atoms with Crippen LogP contribution in [0.3, 0.4) is 0 Å². The molecule has 1 fully saturated rings. The second kappa shape index (κ2) is 8.21. The molecule has 1 saturated carbocycles. The molecular formula is C11H24N2O. The van der Waals surface area contributed by atoms with Crippen molar-refractivity contribution >= 4 is 0 Å². The van der Waals surface area contributed by atoms with Gasteiger partial charge in [0.15, 0.2) is 0 Å². The highest BCUT2D eigenvalue weighted by molar-refractivity contribution is 4.71. The van der Waals surface area contributed by atoms with Crippen LogP contribution in [0.5, 0.6) is 0 Å². The largest absolute Gasteiger partial charge is 0.380 e. The number of rotatable bonds is 10. The average Bonchev–Trinajstić information content (AvgIpc) is 2.99. The Hall–Kier alpha value is -0.120. The van der Waals surface area contributed by atoms with Gasteiger partial charge in [0.2, 0.25) is 0 Å². The number of hydrogen-bond acceptors (Lipinski definition) is 3. The van der Waals surface area contributed by atoms with Gasteiger partial charge in [-0.15, -0.1) is 0 Å².